The van der Waals surface area contributed by atoms with Crippen molar-refractivity contribution in [1.82, 2.24) is 9.62 Å². The Hall–Kier alpha value is -2.45. The molecule has 0 bridgehead atoms. The van der Waals surface area contributed by atoms with Gasteiger partial charge in [-0.15, -0.1) is 0 Å². The molecule has 2 rings (SSSR count). The Morgan fingerprint density at radius 1 is 1.16 bits per heavy atom. The van der Waals surface area contributed by atoms with E-state index in [0.29, 0.717) is 5.75 Å². The molecule has 0 aliphatic heterocycles. The average molecular weight is 366 g/mol. The fourth-order valence-corrected chi connectivity index (χ4v) is 2.92. The maximum atomic E-state index is 12.8. The Labute approximate surface area is 146 Å². The summed E-state index contributed by atoms with van der Waals surface area (Å²) >= 11 is 0. The fraction of sp³-hybridized carbons (Fsp3) is 0.235. The summed E-state index contributed by atoms with van der Waals surface area (Å²) in [6.07, 6.45) is 0. The first-order valence-electron chi connectivity index (χ1n) is 7.50. The number of hydrogen-bond donors (Lipinski definition) is 1. The Morgan fingerprint density at radius 2 is 1.84 bits per heavy atom. The highest BCUT2D eigenvalue weighted by molar-refractivity contribution is 7.89. The summed E-state index contributed by atoms with van der Waals surface area (Å²) in [6.45, 7) is 0.425. The molecule has 0 radical (unpaired) electrons. The number of hydrogen-bond acceptors (Lipinski definition) is 4. The predicted molar refractivity (Wildman–Crippen MR) is 91.5 cm³/mol. The maximum absolute atomic E-state index is 12.8. The van der Waals surface area contributed by atoms with E-state index in [1.807, 2.05) is 0 Å². The monoisotopic (exact) mass is 366 g/mol. The standard InChI is InChI=1S/C17H19FN2O4S/c1-20(2)25(22,23)16-5-3-4-13(12-16)17(21)19-10-11-24-15-8-6-14(18)7-9-15/h3-9,12H,10-11H2,1-2H3,(H,19,21). The Kier molecular flexibility index (Phi) is 6.11. The van der Waals surface area contributed by atoms with Crippen LogP contribution in [0.1, 0.15) is 10.4 Å². The van der Waals surface area contributed by atoms with Crippen LogP contribution in [0.4, 0.5) is 4.39 Å². The van der Waals surface area contributed by atoms with Gasteiger partial charge in [-0.2, -0.15) is 0 Å². The summed E-state index contributed by atoms with van der Waals surface area (Å²) in [7, 11) is -0.749. The van der Waals surface area contributed by atoms with Gasteiger partial charge in [0.25, 0.3) is 5.91 Å². The highest BCUT2D eigenvalue weighted by Gasteiger charge is 2.18. The van der Waals surface area contributed by atoms with Crippen molar-refractivity contribution in [1.29, 1.82) is 0 Å². The first kappa shape index (κ1) is 18.9. The van der Waals surface area contributed by atoms with Crippen LogP contribution in [0.25, 0.3) is 0 Å². The molecular formula is C17H19FN2O4S. The normalized spacial score (nSPS) is 11.4. The second-order valence-electron chi connectivity index (χ2n) is 5.37. The molecule has 1 N–H and O–H groups in total. The van der Waals surface area contributed by atoms with Crippen molar-refractivity contribution in [2.45, 2.75) is 4.90 Å². The number of halogens is 1. The predicted octanol–water partition coefficient (Wildman–Crippen LogP) is 1.88. The molecule has 0 atom stereocenters. The van der Waals surface area contributed by atoms with Gasteiger partial charge < -0.3 is 10.1 Å². The molecule has 2 aromatic carbocycles. The molecule has 25 heavy (non-hydrogen) atoms. The third kappa shape index (κ3) is 5.01. The number of carbonyl (C=O) groups excluding carboxylic acids is 1. The third-order valence-electron chi connectivity index (χ3n) is 3.34. The first-order chi connectivity index (χ1) is 11.8. The molecule has 0 heterocycles. The molecule has 0 saturated heterocycles. The lowest BCUT2D eigenvalue weighted by molar-refractivity contribution is 0.0947. The Bertz CT molecular complexity index is 836. The topological polar surface area (TPSA) is 75.7 Å². The van der Waals surface area contributed by atoms with Crippen LogP contribution >= 0.6 is 0 Å². The number of carbonyl (C=O) groups is 1. The van der Waals surface area contributed by atoms with Crippen LogP contribution in [-0.4, -0.2) is 45.9 Å². The van der Waals surface area contributed by atoms with Crippen LogP contribution in [-0.2, 0) is 10.0 Å². The molecule has 6 nitrogen and oxygen atoms in total. The van der Waals surface area contributed by atoms with Crippen LogP contribution < -0.4 is 10.1 Å². The molecule has 0 aliphatic rings. The van der Waals surface area contributed by atoms with Crippen LogP contribution in [0.5, 0.6) is 5.75 Å². The van der Waals surface area contributed by atoms with Crippen molar-refractivity contribution < 1.29 is 22.3 Å². The summed E-state index contributed by atoms with van der Waals surface area (Å²) in [6, 6.07) is 11.4. The minimum absolute atomic E-state index is 0.0488. The number of rotatable bonds is 7. The lowest BCUT2D eigenvalue weighted by Gasteiger charge is -2.12. The summed E-state index contributed by atoms with van der Waals surface area (Å²) in [4.78, 5) is 12.2. The highest BCUT2D eigenvalue weighted by Crippen LogP contribution is 2.15. The van der Waals surface area contributed by atoms with Gasteiger partial charge in [0.15, 0.2) is 0 Å². The van der Waals surface area contributed by atoms with Crippen molar-refractivity contribution in [3.8, 4) is 5.75 Å². The molecule has 0 fully saturated rings. The van der Waals surface area contributed by atoms with E-state index in [0.717, 1.165) is 4.31 Å². The van der Waals surface area contributed by atoms with Crippen LogP contribution in [0.3, 0.4) is 0 Å². The van der Waals surface area contributed by atoms with Gasteiger partial charge in [0.1, 0.15) is 18.2 Å². The lowest BCUT2D eigenvalue weighted by Crippen LogP contribution is -2.28. The molecule has 0 spiro atoms. The minimum atomic E-state index is -3.60. The van der Waals surface area contributed by atoms with Gasteiger partial charge in [0, 0.05) is 19.7 Å². The molecule has 8 heteroatoms. The van der Waals surface area contributed by atoms with Gasteiger partial charge in [0.2, 0.25) is 10.0 Å². The molecule has 0 saturated carbocycles. The van der Waals surface area contributed by atoms with Crippen LogP contribution in [0.2, 0.25) is 0 Å². The number of sulfonamides is 1. The van der Waals surface area contributed by atoms with Crippen molar-refractivity contribution in [2.75, 3.05) is 27.2 Å². The number of benzene rings is 2. The molecule has 0 unspecified atom stereocenters. The van der Waals surface area contributed by atoms with Crippen molar-refractivity contribution >= 4 is 15.9 Å². The van der Waals surface area contributed by atoms with E-state index < -0.39 is 15.9 Å². The van der Waals surface area contributed by atoms with Crippen molar-refractivity contribution in [3.63, 3.8) is 0 Å². The lowest BCUT2D eigenvalue weighted by atomic mass is 10.2. The van der Waals surface area contributed by atoms with E-state index in [1.54, 1.807) is 0 Å². The number of nitrogens with one attached hydrogen (secondary N) is 1. The van der Waals surface area contributed by atoms with Crippen molar-refractivity contribution in [3.05, 3.63) is 59.9 Å². The zero-order valence-electron chi connectivity index (χ0n) is 13.9. The van der Waals surface area contributed by atoms with E-state index in [2.05, 4.69) is 5.32 Å². The second kappa shape index (κ2) is 8.09. The van der Waals surface area contributed by atoms with Gasteiger partial charge >= 0.3 is 0 Å². The van der Waals surface area contributed by atoms with Gasteiger partial charge in [0.05, 0.1) is 11.4 Å². The van der Waals surface area contributed by atoms with Crippen LogP contribution in [0, 0.1) is 5.82 Å². The van der Waals surface area contributed by atoms with E-state index in [-0.39, 0.29) is 29.4 Å². The van der Waals surface area contributed by atoms with Crippen LogP contribution in [0.15, 0.2) is 53.4 Å². The molecule has 0 aromatic heterocycles. The molecule has 134 valence electrons. The summed E-state index contributed by atoms with van der Waals surface area (Å²) in [5.41, 5.74) is 0.240. The minimum Gasteiger partial charge on any atom is -0.492 e. The smallest absolute Gasteiger partial charge is 0.251 e. The number of amides is 1. The zero-order valence-corrected chi connectivity index (χ0v) is 14.7. The highest BCUT2D eigenvalue weighted by atomic mass is 32.2. The van der Waals surface area contributed by atoms with E-state index in [1.165, 1.54) is 62.6 Å². The van der Waals surface area contributed by atoms with E-state index in [4.69, 9.17) is 4.74 Å². The molecular weight excluding hydrogens is 347 g/mol. The van der Waals surface area contributed by atoms with E-state index in [9.17, 15) is 17.6 Å². The maximum Gasteiger partial charge on any atom is 0.251 e. The second-order valence-corrected chi connectivity index (χ2v) is 7.53. The third-order valence-corrected chi connectivity index (χ3v) is 5.16. The summed E-state index contributed by atoms with van der Waals surface area (Å²) in [5, 5.41) is 2.64. The number of ether oxygens (including phenoxy) is 1. The molecule has 1 amide bonds. The fourth-order valence-electron chi connectivity index (χ4n) is 1.97. The SMILES string of the molecule is CN(C)S(=O)(=O)c1cccc(C(=O)NCCOc2ccc(F)cc2)c1. The van der Waals surface area contributed by atoms with E-state index >= 15 is 0 Å². The summed E-state index contributed by atoms with van der Waals surface area (Å²) in [5.74, 6) is -0.263. The molecule has 2 aromatic rings. The van der Waals surface area contributed by atoms with Gasteiger partial charge in [-0.1, -0.05) is 6.07 Å². The van der Waals surface area contributed by atoms with Gasteiger partial charge in [-0.3, -0.25) is 4.79 Å². The van der Waals surface area contributed by atoms with Gasteiger partial charge in [-0.05, 0) is 42.5 Å². The quantitative estimate of drug-likeness (QED) is 0.760. The van der Waals surface area contributed by atoms with Gasteiger partial charge in [-0.25, -0.2) is 17.1 Å². The number of nitrogens with zero attached hydrogens (tertiary/aromatic N) is 1. The van der Waals surface area contributed by atoms with Crippen molar-refractivity contribution in [2.24, 2.45) is 0 Å². The first-order valence-corrected chi connectivity index (χ1v) is 8.94. The molecule has 0 aliphatic carbocycles. The Morgan fingerprint density at radius 3 is 2.48 bits per heavy atom. The summed E-state index contributed by atoms with van der Waals surface area (Å²) < 4.78 is 43.4. The zero-order chi connectivity index (χ0) is 18.4. The average Bonchev–Trinajstić information content (AvgIpc) is 2.60. The Balaban J connectivity index is 1.92. The largest absolute Gasteiger partial charge is 0.492 e.